The number of alkyl halides is 2. The Hall–Kier alpha value is -3.07. The lowest BCUT2D eigenvalue weighted by Gasteiger charge is -2.56. The fraction of sp³-hybridized carbons (Fsp3) is 0.552. The van der Waals surface area contributed by atoms with Crippen LogP contribution in [-0.2, 0) is 26.3 Å². The van der Waals surface area contributed by atoms with Crippen LogP contribution in [0.25, 0.3) is 0 Å². The van der Waals surface area contributed by atoms with E-state index in [1.807, 2.05) is 31.2 Å². The Bertz CT molecular complexity index is 1150. The highest BCUT2D eigenvalue weighted by atomic mass is 19.3. The Kier molecular flexibility index (Phi) is 8.22. The minimum atomic E-state index is -3.75. The van der Waals surface area contributed by atoms with Crippen molar-refractivity contribution in [3.8, 4) is 0 Å². The van der Waals surface area contributed by atoms with E-state index in [9.17, 15) is 23.5 Å². The monoisotopic (exact) mass is 532 g/mol. The van der Waals surface area contributed by atoms with Crippen LogP contribution in [0.1, 0.15) is 76.6 Å². The Morgan fingerprint density at radius 3 is 2.24 bits per heavy atom. The van der Waals surface area contributed by atoms with Crippen molar-refractivity contribution in [2.24, 2.45) is 5.41 Å². The Morgan fingerprint density at radius 1 is 1.11 bits per heavy atom. The number of likely N-dealkylation sites (tertiary alicyclic amines) is 1. The molecule has 7 nitrogen and oxygen atoms in total. The molecule has 1 aromatic heterocycles. The number of carbonyl (C=O) groups is 2. The van der Waals surface area contributed by atoms with Gasteiger partial charge in [0.15, 0.2) is 0 Å². The number of carbonyl (C=O) groups excluding carboxylic acids is 2. The molecule has 2 heterocycles. The average Bonchev–Trinajstić information content (AvgIpc) is 2.80. The molecular formula is C29H38F2N2O5. The van der Waals surface area contributed by atoms with Gasteiger partial charge < -0.3 is 19.5 Å². The first-order valence-corrected chi connectivity index (χ1v) is 12.8. The van der Waals surface area contributed by atoms with Gasteiger partial charge in [0.25, 0.3) is 0 Å². The maximum atomic E-state index is 14.5. The molecule has 1 saturated heterocycles. The Labute approximate surface area is 223 Å². The van der Waals surface area contributed by atoms with Crippen molar-refractivity contribution in [1.82, 2.24) is 9.88 Å². The maximum absolute atomic E-state index is 14.5. The summed E-state index contributed by atoms with van der Waals surface area (Å²) < 4.78 is 39.1. The summed E-state index contributed by atoms with van der Waals surface area (Å²) in [5.74, 6) is -5.08. The Morgan fingerprint density at radius 2 is 1.71 bits per heavy atom. The fourth-order valence-electron chi connectivity index (χ4n) is 4.80. The van der Waals surface area contributed by atoms with Crippen LogP contribution in [0.2, 0.25) is 0 Å². The van der Waals surface area contributed by atoms with Gasteiger partial charge in [0.2, 0.25) is 0 Å². The number of amides is 1. The van der Waals surface area contributed by atoms with Gasteiger partial charge in [0.1, 0.15) is 11.2 Å². The molecule has 208 valence electrons. The zero-order valence-corrected chi connectivity index (χ0v) is 23.2. The molecule has 0 radical (unpaired) electrons. The summed E-state index contributed by atoms with van der Waals surface area (Å²) in [5.41, 5.74) is -1.25. The molecule has 38 heavy (non-hydrogen) atoms. The van der Waals surface area contributed by atoms with Crippen LogP contribution in [0.15, 0.2) is 42.7 Å². The number of rotatable bonds is 8. The molecule has 2 aromatic rings. The second-order valence-electron chi connectivity index (χ2n) is 11.6. The van der Waals surface area contributed by atoms with Crippen molar-refractivity contribution < 1.29 is 33.0 Å². The molecule has 9 heteroatoms. The van der Waals surface area contributed by atoms with Gasteiger partial charge in [-0.1, -0.05) is 45.0 Å². The summed E-state index contributed by atoms with van der Waals surface area (Å²) in [6.07, 6.45) is 1.27. The standard InChI is InChI=1S/C29H38F2N2O5/c1-8-37-24(34)28(30,31)14-20-13-23(16-32-15-20)29(36,22-11-9-21(10-12-22)19(2)3)27(7)17-33(18-27)25(35)38-26(4,5)6/h9-13,15-16,19,36H,8,14,17-18H2,1-7H3. The van der Waals surface area contributed by atoms with E-state index in [0.29, 0.717) is 11.1 Å². The quantitative estimate of drug-likeness (QED) is 0.456. The van der Waals surface area contributed by atoms with Gasteiger partial charge in [0.05, 0.1) is 6.61 Å². The number of nitrogens with zero attached hydrogens (tertiary/aromatic N) is 2. The number of benzene rings is 1. The minimum Gasteiger partial charge on any atom is -0.462 e. The lowest BCUT2D eigenvalue weighted by molar-refractivity contribution is -0.171. The van der Waals surface area contributed by atoms with Gasteiger partial charge >= 0.3 is 18.0 Å². The molecule has 0 aliphatic carbocycles. The molecule has 0 spiro atoms. The van der Waals surface area contributed by atoms with Crippen molar-refractivity contribution in [1.29, 1.82) is 0 Å². The third-order valence-electron chi connectivity index (χ3n) is 6.81. The van der Waals surface area contributed by atoms with Crippen molar-refractivity contribution in [2.45, 2.75) is 77.9 Å². The van der Waals surface area contributed by atoms with Gasteiger partial charge in [-0.15, -0.1) is 0 Å². The van der Waals surface area contributed by atoms with Gasteiger partial charge in [0, 0.05) is 42.9 Å². The SMILES string of the molecule is CCOC(=O)C(F)(F)Cc1cncc(C(O)(c2ccc(C(C)C)cc2)C2(C)CN(C(=O)OC(C)(C)C)C2)c1. The Balaban J connectivity index is 2.02. The number of aromatic nitrogens is 1. The first-order valence-electron chi connectivity index (χ1n) is 12.8. The van der Waals surface area contributed by atoms with Crippen LogP contribution < -0.4 is 0 Å². The molecule has 1 unspecified atom stereocenters. The number of halogens is 2. The van der Waals surface area contributed by atoms with Crippen LogP contribution in [0.5, 0.6) is 0 Å². The van der Waals surface area contributed by atoms with E-state index in [1.54, 1.807) is 20.8 Å². The zero-order chi connectivity index (χ0) is 28.5. The normalized spacial score (nSPS) is 17.0. The van der Waals surface area contributed by atoms with E-state index >= 15 is 0 Å². The van der Waals surface area contributed by atoms with Crippen LogP contribution in [0.3, 0.4) is 0 Å². The maximum Gasteiger partial charge on any atom is 0.410 e. The second kappa shape index (κ2) is 10.6. The number of esters is 1. The number of pyridine rings is 1. The fourth-order valence-corrected chi connectivity index (χ4v) is 4.80. The van der Waals surface area contributed by atoms with Crippen LogP contribution in [-0.4, -0.2) is 58.3 Å². The highest BCUT2D eigenvalue weighted by molar-refractivity contribution is 5.78. The molecule has 1 atom stereocenters. The van der Waals surface area contributed by atoms with E-state index in [4.69, 9.17) is 4.74 Å². The predicted octanol–water partition coefficient (Wildman–Crippen LogP) is 5.44. The molecule has 1 aliphatic rings. The van der Waals surface area contributed by atoms with E-state index in [0.717, 1.165) is 5.56 Å². The highest BCUT2D eigenvalue weighted by Gasteiger charge is 2.58. The van der Waals surface area contributed by atoms with E-state index in [-0.39, 0.29) is 31.2 Å². The van der Waals surface area contributed by atoms with E-state index in [1.165, 1.54) is 30.3 Å². The zero-order valence-electron chi connectivity index (χ0n) is 23.2. The molecular weight excluding hydrogens is 494 g/mol. The second-order valence-corrected chi connectivity index (χ2v) is 11.6. The predicted molar refractivity (Wildman–Crippen MR) is 139 cm³/mol. The lowest BCUT2D eigenvalue weighted by atomic mass is 9.62. The first kappa shape index (κ1) is 29.5. The van der Waals surface area contributed by atoms with Gasteiger partial charge in [-0.25, -0.2) is 9.59 Å². The van der Waals surface area contributed by atoms with Crippen molar-refractivity contribution in [2.75, 3.05) is 19.7 Å². The summed E-state index contributed by atoms with van der Waals surface area (Å²) >= 11 is 0. The van der Waals surface area contributed by atoms with Crippen molar-refractivity contribution >= 4 is 12.1 Å². The third-order valence-corrected chi connectivity index (χ3v) is 6.81. The summed E-state index contributed by atoms with van der Waals surface area (Å²) in [5, 5.41) is 12.4. The number of aliphatic hydroxyl groups is 1. The highest BCUT2D eigenvalue weighted by Crippen LogP contribution is 2.51. The number of hydrogen-bond donors (Lipinski definition) is 1. The summed E-state index contributed by atoms with van der Waals surface area (Å²) in [6, 6.07) is 8.92. The topological polar surface area (TPSA) is 89.0 Å². The lowest BCUT2D eigenvalue weighted by Crippen LogP contribution is -2.66. The summed E-state index contributed by atoms with van der Waals surface area (Å²) in [7, 11) is 0. The number of hydrogen-bond acceptors (Lipinski definition) is 6. The van der Waals surface area contributed by atoms with Gasteiger partial charge in [-0.3, -0.25) is 4.98 Å². The van der Waals surface area contributed by atoms with Crippen LogP contribution in [0.4, 0.5) is 13.6 Å². The molecule has 0 bridgehead atoms. The molecule has 1 fully saturated rings. The summed E-state index contributed by atoms with van der Waals surface area (Å²) in [4.78, 5) is 30.1. The molecule has 0 saturated carbocycles. The molecule has 1 N–H and O–H groups in total. The molecule has 1 aliphatic heterocycles. The van der Waals surface area contributed by atoms with Gasteiger partial charge in [-0.2, -0.15) is 8.78 Å². The first-order chi connectivity index (χ1) is 17.5. The van der Waals surface area contributed by atoms with Crippen LogP contribution in [0, 0.1) is 5.41 Å². The number of ether oxygens (including phenoxy) is 2. The van der Waals surface area contributed by atoms with Crippen molar-refractivity contribution in [3.63, 3.8) is 0 Å². The molecule has 1 aromatic carbocycles. The molecule has 1 amide bonds. The third kappa shape index (κ3) is 5.98. The summed E-state index contributed by atoms with van der Waals surface area (Å²) in [6.45, 7) is 12.9. The van der Waals surface area contributed by atoms with Crippen molar-refractivity contribution in [3.05, 3.63) is 65.0 Å². The largest absolute Gasteiger partial charge is 0.462 e. The van der Waals surface area contributed by atoms with Gasteiger partial charge in [-0.05, 0) is 56.4 Å². The smallest absolute Gasteiger partial charge is 0.410 e. The van der Waals surface area contributed by atoms with E-state index in [2.05, 4.69) is 23.6 Å². The van der Waals surface area contributed by atoms with E-state index < -0.39 is 41.0 Å². The minimum absolute atomic E-state index is 0.0738. The average molecular weight is 533 g/mol. The van der Waals surface area contributed by atoms with Crippen LogP contribution >= 0.6 is 0 Å². The molecule has 3 rings (SSSR count).